The summed E-state index contributed by atoms with van der Waals surface area (Å²) >= 11 is 0. The molecule has 0 bridgehead atoms. The van der Waals surface area contributed by atoms with Gasteiger partial charge in [0.1, 0.15) is 49.2 Å². The zero-order chi connectivity index (χ0) is 21.8. The lowest BCUT2D eigenvalue weighted by Crippen LogP contribution is -2.40. The van der Waals surface area contributed by atoms with Gasteiger partial charge in [-0.15, -0.1) is 0 Å². The fourth-order valence-electron chi connectivity index (χ4n) is 4.06. The van der Waals surface area contributed by atoms with Gasteiger partial charge in [-0.05, 0) is 26.0 Å². The number of rotatable bonds is 3. The van der Waals surface area contributed by atoms with Crippen LogP contribution in [0, 0.1) is 11.3 Å². The Morgan fingerprint density at radius 1 is 1.35 bits per heavy atom. The van der Waals surface area contributed by atoms with E-state index in [-0.39, 0.29) is 12.4 Å². The molecule has 0 spiro atoms. The van der Waals surface area contributed by atoms with Crippen LogP contribution in [0.5, 0.6) is 0 Å². The number of anilines is 1. The lowest BCUT2D eigenvalue weighted by Gasteiger charge is -2.28. The lowest BCUT2D eigenvalue weighted by atomic mass is 9.92. The molecular weight excluding hydrogens is 406 g/mol. The molecule has 5 rings (SSSR count). The summed E-state index contributed by atoms with van der Waals surface area (Å²) in [6.07, 6.45) is 2.72. The summed E-state index contributed by atoms with van der Waals surface area (Å²) in [5.41, 5.74) is 5.31. The summed E-state index contributed by atoms with van der Waals surface area (Å²) in [5.74, 6) is -0.701. The highest BCUT2D eigenvalue weighted by Crippen LogP contribution is 2.49. The molecule has 0 amide bonds. The molecule has 2 aliphatic rings. The molecule has 160 valence electrons. The Hall–Kier alpha value is -3.53. The zero-order valence-corrected chi connectivity index (χ0v) is 16.7. The Bertz CT molecular complexity index is 1180. The normalized spacial score (nSPS) is 29.0. The van der Waals surface area contributed by atoms with Crippen molar-refractivity contribution in [2.45, 2.75) is 43.5 Å². The number of hydrogen-bond acceptors (Lipinski definition) is 10. The van der Waals surface area contributed by atoms with Crippen LogP contribution in [0.15, 0.2) is 37.2 Å². The van der Waals surface area contributed by atoms with Gasteiger partial charge in [-0.1, -0.05) is 0 Å². The summed E-state index contributed by atoms with van der Waals surface area (Å²) in [6.45, 7) is 3.35. The largest absolute Gasteiger partial charge is 0.446 e. The molecule has 0 aromatic carbocycles. The molecule has 31 heavy (non-hydrogen) atoms. The van der Waals surface area contributed by atoms with Crippen molar-refractivity contribution in [1.29, 1.82) is 5.26 Å². The van der Waals surface area contributed by atoms with Gasteiger partial charge in [0.2, 0.25) is 5.60 Å². The van der Waals surface area contributed by atoms with Gasteiger partial charge in [-0.2, -0.15) is 10.4 Å². The fourth-order valence-corrected chi connectivity index (χ4v) is 4.06. The molecule has 0 saturated carbocycles. The summed E-state index contributed by atoms with van der Waals surface area (Å²) in [5, 5.41) is 14.5. The molecule has 12 heteroatoms. The summed E-state index contributed by atoms with van der Waals surface area (Å²) in [6, 6.07) is 5.63. The Morgan fingerprint density at radius 2 is 2.19 bits per heavy atom. The maximum atomic E-state index is 12.2. The third-order valence-corrected chi connectivity index (χ3v) is 5.35. The van der Waals surface area contributed by atoms with E-state index in [4.69, 9.17) is 24.7 Å². The Kier molecular flexibility index (Phi) is 4.23. The van der Waals surface area contributed by atoms with Crippen LogP contribution in [0.2, 0.25) is 0 Å². The quantitative estimate of drug-likeness (QED) is 0.638. The number of ether oxygens (including phenoxy) is 4. The second-order valence-electron chi connectivity index (χ2n) is 7.73. The molecule has 0 radical (unpaired) electrons. The van der Waals surface area contributed by atoms with Gasteiger partial charge in [-0.25, -0.2) is 23.8 Å². The van der Waals surface area contributed by atoms with Gasteiger partial charge in [0.25, 0.3) is 0 Å². The minimum atomic E-state index is -1.57. The van der Waals surface area contributed by atoms with Gasteiger partial charge >= 0.3 is 6.09 Å². The van der Waals surface area contributed by atoms with E-state index in [0.717, 1.165) is 0 Å². The summed E-state index contributed by atoms with van der Waals surface area (Å²) < 4.78 is 26.3. The number of imidazole rings is 1. The van der Waals surface area contributed by atoms with Crippen molar-refractivity contribution in [3.63, 3.8) is 0 Å². The molecular formula is C19H19N7O5. The number of aromatic nitrogens is 5. The highest BCUT2D eigenvalue weighted by Gasteiger charge is 2.65. The van der Waals surface area contributed by atoms with E-state index in [2.05, 4.69) is 21.1 Å². The first-order valence-electron chi connectivity index (χ1n) is 9.53. The average Bonchev–Trinajstić information content (AvgIpc) is 3.50. The highest BCUT2D eigenvalue weighted by atomic mass is 16.8. The van der Waals surface area contributed by atoms with Crippen LogP contribution in [0.25, 0.3) is 5.52 Å². The minimum Gasteiger partial charge on any atom is -0.446 e. The predicted molar refractivity (Wildman–Crippen MR) is 102 cm³/mol. The monoisotopic (exact) mass is 425 g/mol. The number of nitrogens with zero attached hydrogens (tertiary/aromatic N) is 6. The molecule has 2 fully saturated rings. The third kappa shape index (κ3) is 2.94. The van der Waals surface area contributed by atoms with Crippen LogP contribution in [0.1, 0.15) is 19.5 Å². The molecule has 3 aromatic heterocycles. The number of carbonyl (C=O) groups excluding carboxylic acids is 1. The Labute approximate surface area is 176 Å². The fraction of sp³-hybridized carbons (Fsp3) is 0.421. The number of fused-ring (bicyclic) bond motifs is 2. The number of nitrogen functional groups attached to an aromatic ring is 1. The standard InChI is InChI=1S/C19H19N7O5/c1-18(2)30-14-12(7-28-17(27)25-6-5-22-10-25)29-19(8-20,15(14)31-18)13-4-3-11-16(21)23-9-24-26(11)13/h3-6,9-10,12,14-15H,7H2,1-2H3,(H2,21,23,24)/t12-,14-,15-,19+/m1/s1. The van der Waals surface area contributed by atoms with Crippen LogP contribution >= 0.6 is 0 Å². The molecule has 12 nitrogen and oxygen atoms in total. The van der Waals surface area contributed by atoms with Gasteiger partial charge in [-0.3, -0.25) is 0 Å². The molecule has 4 atom stereocenters. The molecule has 0 unspecified atom stereocenters. The second-order valence-corrected chi connectivity index (χ2v) is 7.73. The summed E-state index contributed by atoms with van der Waals surface area (Å²) in [4.78, 5) is 20.0. The molecule has 2 N–H and O–H groups in total. The van der Waals surface area contributed by atoms with Crippen molar-refractivity contribution < 1.29 is 23.7 Å². The first-order valence-corrected chi connectivity index (χ1v) is 9.53. The van der Waals surface area contributed by atoms with Crippen molar-refractivity contribution in [3.8, 4) is 6.07 Å². The van der Waals surface area contributed by atoms with Crippen molar-refractivity contribution in [2.24, 2.45) is 0 Å². The first kappa shape index (κ1) is 19.4. The predicted octanol–water partition coefficient (Wildman–Crippen LogP) is 0.831. The van der Waals surface area contributed by atoms with E-state index in [1.54, 1.807) is 26.0 Å². The van der Waals surface area contributed by atoms with E-state index in [9.17, 15) is 10.1 Å². The van der Waals surface area contributed by atoms with Crippen LogP contribution in [0.4, 0.5) is 10.6 Å². The average molecular weight is 425 g/mol. The van der Waals surface area contributed by atoms with Crippen molar-refractivity contribution in [3.05, 3.63) is 42.9 Å². The van der Waals surface area contributed by atoms with E-state index >= 15 is 0 Å². The van der Waals surface area contributed by atoms with Gasteiger partial charge in [0.05, 0.1) is 5.69 Å². The number of hydrogen-bond donors (Lipinski definition) is 1. The van der Waals surface area contributed by atoms with Crippen LogP contribution in [-0.2, 0) is 24.5 Å². The van der Waals surface area contributed by atoms with Gasteiger partial charge in [0.15, 0.2) is 11.6 Å². The highest BCUT2D eigenvalue weighted by molar-refractivity contribution is 5.70. The Balaban J connectivity index is 1.51. The SMILES string of the molecule is CC1(C)O[C@H]2[C@@H](O1)[C@](C#N)(c1ccc3c(N)ncnn13)O[C@@H]2COC(=O)n1ccnc1. The third-order valence-electron chi connectivity index (χ3n) is 5.35. The number of carbonyl (C=O) groups is 1. The van der Waals surface area contributed by atoms with E-state index in [0.29, 0.717) is 11.2 Å². The van der Waals surface area contributed by atoms with Crippen LogP contribution in [0.3, 0.4) is 0 Å². The number of nitriles is 1. The lowest BCUT2D eigenvalue weighted by molar-refractivity contribution is -0.204. The van der Waals surface area contributed by atoms with Gasteiger partial charge in [0, 0.05) is 12.4 Å². The minimum absolute atomic E-state index is 0.151. The van der Waals surface area contributed by atoms with E-state index < -0.39 is 35.8 Å². The van der Waals surface area contributed by atoms with E-state index in [1.807, 2.05) is 0 Å². The number of nitrogens with two attached hydrogens (primary N) is 1. The molecule has 3 aromatic rings. The molecule has 0 aliphatic carbocycles. The first-order chi connectivity index (χ1) is 14.8. The van der Waals surface area contributed by atoms with Gasteiger partial charge < -0.3 is 24.7 Å². The van der Waals surface area contributed by atoms with Crippen LogP contribution in [-0.4, -0.2) is 60.9 Å². The zero-order valence-electron chi connectivity index (χ0n) is 16.7. The maximum Gasteiger partial charge on any atom is 0.419 e. The second kappa shape index (κ2) is 6.74. The van der Waals surface area contributed by atoms with Crippen LogP contribution < -0.4 is 5.73 Å². The molecule has 2 saturated heterocycles. The van der Waals surface area contributed by atoms with Crippen molar-refractivity contribution >= 4 is 17.4 Å². The molecule has 2 aliphatic heterocycles. The molecule has 5 heterocycles. The van der Waals surface area contributed by atoms with E-state index in [1.165, 1.54) is 34.1 Å². The topological polar surface area (TPSA) is 152 Å². The maximum absolute atomic E-state index is 12.2. The summed E-state index contributed by atoms with van der Waals surface area (Å²) in [7, 11) is 0. The smallest absolute Gasteiger partial charge is 0.419 e. The van der Waals surface area contributed by atoms with Crippen molar-refractivity contribution in [1.82, 2.24) is 24.1 Å². The Morgan fingerprint density at radius 3 is 2.94 bits per heavy atom. The van der Waals surface area contributed by atoms with Crippen molar-refractivity contribution in [2.75, 3.05) is 12.3 Å².